The number of amides is 2. The number of amidine groups is 2. The molecule has 180 valence electrons. The van der Waals surface area contributed by atoms with Gasteiger partial charge in [-0.05, 0) is 81.6 Å². The monoisotopic (exact) mass is 488 g/mol. The molecule has 1 saturated heterocycles. The molecule has 0 atom stereocenters. The van der Waals surface area contributed by atoms with Crippen LogP contribution in [0.4, 0.5) is 0 Å². The molecule has 1 fully saturated rings. The van der Waals surface area contributed by atoms with E-state index in [2.05, 4.69) is 45.9 Å². The summed E-state index contributed by atoms with van der Waals surface area (Å²) in [4.78, 5) is 31.6. The molecule has 3 aliphatic rings. The molecule has 0 saturated carbocycles. The Labute approximate surface area is 208 Å². The Hall–Kier alpha value is -3.46. The lowest BCUT2D eigenvalue weighted by atomic mass is 10.1. The molecule has 2 aromatic rings. The predicted molar refractivity (Wildman–Crippen MR) is 140 cm³/mol. The standard InChI is InChI=1S/C26H28N6O2S/c1-16-7-9-20(10-8-16)31-17(2)13-19(18(31)3)14-21-24(27)32-26(28-25(21)34)35-22(29-32)15-23(33)30-11-5-4-6-12-30/h7-10,13-14,27H,4-6,11-12,15H2,1-3H3/b21-14-,27-24?. The summed E-state index contributed by atoms with van der Waals surface area (Å²) in [5.41, 5.74) is 5.28. The highest BCUT2D eigenvalue weighted by Crippen LogP contribution is 2.31. The van der Waals surface area contributed by atoms with Crippen LogP contribution >= 0.6 is 11.8 Å². The van der Waals surface area contributed by atoms with Crippen molar-refractivity contribution >= 4 is 45.7 Å². The van der Waals surface area contributed by atoms with Gasteiger partial charge in [-0.25, -0.2) is 0 Å². The number of hydrogen-bond donors (Lipinski definition) is 1. The molecular formula is C26H28N6O2S. The molecule has 0 aliphatic carbocycles. The SMILES string of the molecule is Cc1ccc(-n2c(C)cc(/C=C3/C(=N)N4N=C(CC(=O)N5CCCCC5)SC4=NC3=O)c2C)cc1. The summed E-state index contributed by atoms with van der Waals surface area (Å²) in [6.07, 6.45) is 5.10. The minimum atomic E-state index is -0.465. The Morgan fingerprint density at radius 3 is 2.54 bits per heavy atom. The Bertz CT molecular complexity index is 1310. The van der Waals surface area contributed by atoms with Crippen LogP contribution in [0.2, 0.25) is 0 Å². The molecule has 3 aliphatic heterocycles. The van der Waals surface area contributed by atoms with Crippen LogP contribution in [0.15, 0.2) is 46.0 Å². The maximum Gasteiger partial charge on any atom is 0.283 e. The number of rotatable bonds is 4. The van der Waals surface area contributed by atoms with E-state index in [0.717, 1.165) is 55.0 Å². The molecule has 0 radical (unpaired) electrons. The van der Waals surface area contributed by atoms with Crippen LogP contribution in [-0.4, -0.2) is 55.4 Å². The maximum absolute atomic E-state index is 12.9. The predicted octanol–water partition coefficient (Wildman–Crippen LogP) is 4.42. The number of carbonyl (C=O) groups is 2. The van der Waals surface area contributed by atoms with Crippen LogP contribution < -0.4 is 0 Å². The number of aliphatic imine (C=N–C) groups is 1. The van der Waals surface area contributed by atoms with E-state index in [4.69, 9.17) is 5.41 Å². The second kappa shape index (κ2) is 9.30. The number of thioether (sulfide) groups is 1. The van der Waals surface area contributed by atoms with Gasteiger partial charge in [0.25, 0.3) is 5.91 Å². The first kappa shape index (κ1) is 23.3. The fourth-order valence-electron chi connectivity index (χ4n) is 4.67. The molecule has 5 rings (SSSR count). The van der Waals surface area contributed by atoms with Crippen LogP contribution in [0.25, 0.3) is 11.8 Å². The van der Waals surface area contributed by atoms with E-state index >= 15 is 0 Å². The average molecular weight is 489 g/mol. The molecule has 1 aromatic heterocycles. The summed E-state index contributed by atoms with van der Waals surface area (Å²) in [5, 5.41) is 15.4. The summed E-state index contributed by atoms with van der Waals surface area (Å²) in [7, 11) is 0. The zero-order valence-corrected chi connectivity index (χ0v) is 21.0. The zero-order chi connectivity index (χ0) is 24.7. The zero-order valence-electron chi connectivity index (χ0n) is 20.2. The highest BCUT2D eigenvalue weighted by molar-refractivity contribution is 8.27. The van der Waals surface area contributed by atoms with Gasteiger partial charge >= 0.3 is 0 Å². The van der Waals surface area contributed by atoms with E-state index in [1.165, 1.54) is 22.3 Å². The molecule has 35 heavy (non-hydrogen) atoms. The van der Waals surface area contributed by atoms with Crippen LogP contribution in [0.1, 0.15) is 48.2 Å². The normalized spacial score (nSPS) is 19.2. The van der Waals surface area contributed by atoms with Gasteiger partial charge in [0.1, 0.15) is 5.04 Å². The van der Waals surface area contributed by atoms with Gasteiger partial charge in [0.05, 0.1) is 12.0 Å². The van der Waals surface area contributed by atoms with Crippen molar-refractivity contribution in [3.63, 3.8) is 0 Å². The lowest BCUT2D eigenvalue weighted by Gasteiger charge is -2.26. The number of benzene rings is 1. The van der Waals surface area contributed by atoms with Gasteiger partial charge in [0.2, 0.25) is 11.1 Å². The van der Waals surface area contributed by atoms with Crippen molar-refractivity contribution in [1.29, 1.82) is 5.41 Å². The van der Waals surface area contributed by atoms with Crippen molar-refractivity contribution in [3.05, 3.63) is 58.4 Å². The first-order valence-electron chi connectivity index (χ1n) is 11.8. The second-order valence-corrected chi connectivity index (χ2v) is 10.2. The molecule has 1 N–H and O–H groups in total. The van der Waals surface area contributed by atoms with Crippen LogP contribution in [0.5, 0.6) is 0 Å². The van der Waals surface area contributed by atoms with E-state index in [-0.39, 0.29) is 23.7 Å². The molecule has 1 aromatic carbocycles. The molecule has 9 heteroatoms. The first-order chi connectivity index (χ1) is 16.8. The number of hydrogen-bond acceptors (Lipinski definition) is 5. The molecule has 2 amide bonds. The number of carbonyl (C=O) groups excluding carboxylic acids is 2. The third-order valence-corrected chi connectivity index (χ3v) is 7.48. The van der Waals surface area contributed by atoms with Gasteiger partial charge in [-0.15, -0.1) is 0 Å². The largest absolute Gasteiger partial charge is 0.342 e. The number of aromatic nitrogens is 1. The van der Waals surface area contributed by atoms with Gasteiger partial charge in [-0.3, -0.25) is 15.0 Å². The third-order valence-electron chi connectivity index (χ3n) is 6.57. The summed E-state index contributed by atoms with van der Waals surface area (Å²) in [6, 6.07) is 10.3. The van der Waals surface area contributed by atoms with Crippen LogP contribution in [0, 0.1) is 26.2 Å². The van der Waals surface area contributed by atoms with E-state index in [9.17, 15) is 9.59 Å². The summed E-state index contributed by atoms with van der Waals surface area (Å²) >= 11 is 1.20. The van der Waals surface area contributed by atoms with Crippen LogP contribution in [0.3, 0.4) is 0 Å². The lowest BCUT2D eigenvalue weighted by Crippen LogP contribution is -2.36. The first-order valence-corrected chi connectivity index (χ1v) is 12.7. The quantitative estimate of drug-likeness (QED) is 0.645. The number of fused-ring (bicyclic) bond motifs is 1. The van der Waals surface area contributed by atoms with E-state index in [0.29, 0.717) is 10.2 Å². The minimum absolute atomic E-state index is 0.0203. The van der Waals surface area contributed by atoms with Gasteiger partial charge in [-0.2, -0.15) is 15.1 Å². The van der Waals surface area contributed by atoms with Gasteiger partial charge in [0.15, 0.2) is 5.84 Å². The number of aryl methyl sites for hydroxylation is 2. The molecule has 8 nitrogen and oxygen atoms in total. The Morgan fingerprint density at radius 2 is 1.83 bits per heavy atom. The number of likely N-dealkylation sites (tertiary alicyclic amines) is 1. The van der Waals surface area contributed by atoms with Gasteiger partial charge in [-0.1, -0.05) is 17.7 Å². The van der Waals surface area contributed by atoms with Crippen molar-refractivity contribution in [2.24, 2.45) is 10.1 Å². The molecule has 0 unspecified atom stereocenters. The highest BCUT2D eigenvalue weighted by atomic mass is 32.2. The average Bonchev–Trinajstić information content (AvgIpc) is 3.37. The number of hydrazone groups is 1. The smallest absolute Gasteiger partial charge is 0.283 e. The van der Waals surface area contributed by atoms with Crippen molar-refractivity contribution in [2.45, 2.75) is 46.5 Å². The van der Waals surface area contributed by atoms with E-state index < -0.39 is 5.91 Å². The fourth-order valence-corrected chi connectivity index (χ4v) is 5.54. The summed E-state index contributed by atoms with van der Waals surface area (Å²) < 4.78 is 2.13. The van der Waals surface area contributed by atoms with Crippen molar-refractivity contribution in [2.75, 3.05) is 13.1 Å². The van der Waals surface area contributed by atoms with Crippen molar-refractivity contribution in [3.8, 4) is 5.69 Å². The topological polar surface area (TPSA) is 94.1 Å². The van der Waals surface area contributed by atoms with Crippen molar-refractivity contribution in [1.82, 2.24) is 14.5 Å². The Morgan fingerprint density at radius 1 is 1.11 bits per heavy atom. The number of piperidine rings is 1. The van der Waals surface area contributed by atoms with Gasteiger partial charge in [0, 0.05) is 30.2 Å². The molecule has 0 bridgehead atoms. The number of nitrogens with one attached hydrogen (secondary N) is 1. The van der Waals surface area contributed by atoms with E-state index in [1.54, 1.807) is 6.08 Å². The highest BCUT2D eigenvalue weighted by Gasteiger charge is 2.36. The van der Waals surface area contributed by atoms with Gasteiger partial charge < -0.3 is 9.47 Å². The second-order valence-electron chi connectivity index (χ2n) is 9.13. The van der Waals surface area contributed by atoms with E-state index in [1.807, 2.05) is 24.8 Å². The summed E-state index contributed by atoms with van der Waals surface area (Å²) in [6.45, 7) is 7.64. The molecule has 0 spiro atoms. The van der Waals surface area contributed by atoms with Crippen molar-refractivity contribution < 1.29 is 9.59 Å². The fraction of sp³-hybridized carbons (Fsp3) is 0.346. The molecule has 4 heterocycles. The molecular weight excluding hydrogens is 460 g/mol. The minimum Gasteiger partial charge on any atom is -0.342 e. The third kappa shape index (κ3) is 4.48. The Balaban J connectivity index is 1.39. The lowest BCUT2D eigenvalue weighted by molar-refractivity contribution is -0.130. The maximum atomic E-state index is 12.9. The summed E-state index contributed by atoms with van der Waals surface area (Å²) in [5.74, 6) is -0.450. The number of nitrogens with zero attached hydrogens (tertiary/aromatic N) is 5. The van der Waals surface area contributed by atoms with Crippen LogP contribution in [-0.2, 0) is 9.59 Å². The Kier molecular flexibility index (Phi) is 6.19.